The fraction of sp³-hybridized carbons (Fsp3) is 0.185. The Balaban J connectivity index is 1.56. The Labute approximate surface area is 175 Å². The molecule has 0 N–H and O–H groups in total. The van der Waals surface area contributed by atoms with Crippen LogP contribution < -0.4 is 0 Å². The summed E-state index contributed by atoms with van der Waals surface area (Å²) in [5, 5.41) is 2.45. The average Bonchev–Trinajstić information content (AvgIpc) is 2.77. The Morgan fingerprint density at radius 2 is 1.10 bits per heavy atom. The molecule has 0 bridgehead atoms. The van der Waals surface area contributed by atoms with Gasteiger partial charge in [0.05, 0.1) is 5.56 Å². The summed E-state index contributed by atoms with van der Waals surface area (Å²) in [7, 11) is 0. The fourth-order valence-corrected chi connectivity index (χ4v) is 3.72. The Morgan fingerprint density at radius 1 is 0.600 bits per heavy atom. The number of rotatable bonds is 5. The first kappa shape index (κ1) is 20.2. The maximum absolute atomic E-state index is 12.8. The molecule has 0 nitrogen and oxygen atoms in total. The quantitative estimate of drug-likeness (QED) is 0.313. The van der Waals surface area contributed by atoms with Gasteiger partial charge < -0.3 is 0 Å². The van der Waals surface area contributed by atoms with Crippen LogP contribution in [-0.4, -0.2) is 0 Å². The number of aryl methyl sites for hydroxylation is 1. The van der Waals surface area contributed by atoms with Crippen molar-refractivity contribution in [2.75, 3.05) is 0 Å². The number of alkyl halides is 3. The third-order valence-corrected chi connectivity index (χ3v) is 5.49. The highest BCUT2D eigenvalue weighted by molar-refractivity contribution is 5.88. The van der Waals surface area contributed by atoms with Crippen LogP contribution in [0.5, 0.6) is 0 Å². The van der Waals surface area contributed by atoms with E-state index in [1.165, 1.54) is 41.3 Å². The molecule has 0 fully saturated rings. The van der Waals surface area contributed by atoms with Crippen molar-refractivity contribution in [2.24, 2.45) is 0 Å². The molecule has 0 saturated heterocycles. The Morgan fingerprint density at radius 3 is 1.70 bits per heavy atom. The highest BCUT2D eigenvalue weighted by Gasteiger charge is 2.29. The van der Waals surface area contributed by atoms with Crippen molar-refractivity contribution in [3.63, 3.8) is 0 Å². The van der Waals surface area contributed by atoms with Crippen LogP contribution in [0.2, 0.25) is 0 Å². The number of unbranched alkanes of at least 4 members (excludes halogenated alkanes) is 1. The smallest absolute Gasteiger partial charge is 0.166 e. The summed E-state index contributed by atoms with van der Waals surface area (Å²) < 4.78 is 38.3. The maximum Gasteiger partial charge on any atom is 0.416 e. The predicted octanol–water partition coefficient (Wildman–Crippen LogP) is 8.54. The molecule has 0 aliphatic heterocycles. The molecule has 0 heterocycles. The SMILES string of the molecule is CCCCc1ccc2cc(-c3ccc(-c4ccc(C(F)(F)F)cc4)cc3)ccc2c1. The van der Waals surface area contributed by atoms with E-state index in [1.807, 2.05) is 24.3 Å². The molecule has 0 amide bonds. The third kappa shape index (κ3) is 4.40. The van der Waals surface area contributed by atoms with Crippen molar-refractivity contribution in [1.29, 1.82) is 0 Å². The Hall–Kier alpha value is -3.07. The van der Waals surface area contributed by atoms with Gasteiger partial charge in [-0.1, -0.05) is 80.1 Å². The van der Waals surface area contributed by atoms with Gasteiger partial charge in [0.15, 0.2) is 0 Å². The van der Waals surface area contributed by atoms with Gasteiger partial charge in [0, 0.05) is 0 Å². The molecule has 0 unspecified atom stereocenters. The second-order valence-electron chi connectivity index (χ2n) is 7.65. The average molecular weight is 404 g/mol. The molecular weight excluding hydrogens is 381 g/mol. The van der Waals surface area contributed by atoms with Crippen molar-refractivity contribution in [3.05, 3.63) is 96.1 Å². The maximum atomic E-state index is 12.8. The van der Waals surface area contributed by atoms with E-state index in [0.29, 0.717) is 0 Å². The van der Waals surface area contributed by atoms with Gasteiger partial charge in [-0.05, 0) is 69.6 Å². The van der Waals surface area contributed by atoms with Gasteiger partial charge in [-0.2, -0.15) is 13.2 Å². The molecule has 30 heavy (non-hydrogen) atoms. The van der Waals surface area contributed by atoms with Gasteiger partial charge in [0.2, 0.25) is 0 Å². The van der Waals surface area contributed by atoms with Crippen LogP contribution in [0.4, 0.5) is 13.2 Å². The molecule has 0 aromatic heterocycles. The molecule has 0 spiro atoms. The number of hydrogen-bond donors (Lipinski definition) is 0. The molecule has 4 rings (SSSR count). The van der Waals surface area contributed by atoms with E-state index in [2.05, 4.69) is 43.3 Å². The molecule has 0 aliphatic rings. The minimum absolute atomic E-state index is 0.628. The lowest BCUT2D eigenvalue weighted by Gasteiger charge is -2.09. The first-order chi connectivity index (χ1) is 14.4. The molecular formula is C27H23F3. The first-order valence-electron chi connectivity index (χ1n) is 10.2. The lowest BCUT2D eigenvalue weighted by atomic mass is 9.97. The molecule has 3 heteroatoms. The van der Waals surface area contributed by atoms with Crippen LogP contribution in [0.25, 0.3) is 33.0 Å². The zero-order valence-electron chi connectivity index (χ0n) is 16.8. The molecule has 0 saturated carbocycles. The first-order valence-corrected chi connectivity index (χ1v) is 10.2. The van der Waals surface area contributed by atoms with Gasteiger partial charge in [0.1, 0.15) is 0 Å². The topological polar surface area (TPSA) is 0 Å². The summed E-state index contributed by atoms with van der Waals surface area (Å²) >= 11 is 0. The second-order valence-corrected chi connectivity index (χ2v) is 7.65. The minimum atomic E-state index is -4.31. The number of benzene rings is 4. The van der Waals surface area contributed by atoms with Gasteiger partial charge in [-0.3, -0.25) is 0 Å². The van der Waals surface area contributed by atoms with Crippen LogP contribution in [0.1, 0.15) is 30.9 Å². The van der Waals surface area contributed by atoms with Gasteiger partial charge >= 0.3 is 6.18 Å². The van der Waals surface area contributed by atoms with E-state index in [9.17, 15) is 13.2 Å². The Kier molecular flexibility index (Phi) is 5.63. The van der Waals surface area contributed by atoms with E-state index >= 15 is 0 Å². The number of hydrogen-bond acceptors (Lipinski definition) is 0. The summed E-state index contributed by atoms with van der Waals surface area (Å²) in [6.07, 6.45) is -0.802. The van der Waals surface area contributed by atoms with Gasteiger partial charge in [0.25, 0.3) is 0 Å². The second kappa shape index (κ2) is 8.35. The van der Waals surface area contributed by atoms with Crippen LogP contribution in [0.15, 0.2) is 84.9 Å². The summed E-state index contributed by atoms with van der Waals surface area (Å²) in [6.45, 7) is 2.20. The van der Waals surface area contributed by atoms with E-state index in [1.54, 1.807) is 0 Å². The summed E-state index contributed by atoms with van der Waals surface area (Å²) in [4.78, 5) is 0. The van der Waals surface area contributed by atoms with Crippen LogP contribution in [0.3, 0.4) is 0 Å². The largest absolute Gasteiger partial charge is 0.416 e. The fourth-order valence-electron chi connectivity index (χ4n) is 3.72. The minimum Gasteiger partial charge on any atom is -0.166 e. The monoisotopic (exact) mass is 404 g/mol. The van der Waals surface area contributed by atoms with E-state index < -0.39 is 11.7 Å². The van der Waals surface area contributed by atoms with E-state index in [-0.39, 0.29) is 0 Å². The van der Waals surface area contributed by atoms with Crippen molar-refractivity contribution in [1.82, 2.24) is 0 Å². The van der Waals surface area contributed by atoms with E-state index in [4.69, 9.17) is 0 Å². The highest BCUT2D eigenvalue weighted by atomic mass is 19.4. The molecule has 4 aromatic carbocycles. The summed E-state index contributed by atoms with van der Waals surface area (Å²) in [5.41, 5.74) is 4.63. The van der Waals surface area contributed by atoms with Crippen LogP contribution in [0, 0.1) is 0 Å². The zero-order valence-corrected chi connectivity index (χ0v) is 16.8. The van der Waals surface area contributed by atoms with E-state index in [0.717, 1.165) is 40.8 Å². The highest BCUT2D eigenvalue weighted by Crippen LogP contribution is 2.32. The summed E-state index contributed by atoms with van der Waals surface area (Å²) in [5.74, 6) is 0. The molecule has 0 radical (unpaired) electrons. The van der Waals surface area contributed by atoms with Crippen molar-refractivity contribution in [2.45, 2.75) is 32.4 Å². The van der Waals surface area contributed by atoms with Crippen molar-refractivity contribution in [3.8, 4) is 22.3 Å². The van der Waals surface area contributed by atoms with Crippen LogP contribution >= 0.6 is 0 Å². The summed E-state index contributed by atoms with van der Waals surface area (Å²) in [6, 6.07) is 26.4. The van der Waals surface area contributed by atoms with Gasteiger partial charge in [-0.25, -0.2) is 0 Å². The lowest BCUT2D eigenvalue weighted by Crippen LogP contribution is -2.03. The number of fused-ring (bicyclic) bond motifs is 1. The number of halogens is 3. The van der Waals surface area contributed by atoms with Crippen molar-refractivity contribution >= 4 is 10.8 Å². The van der Waals surface area contributed by atoms with Crippen molar-refractivity contribution < 1.29 is 13.2 Å². The molecule has 152 valence electrons. The third-order valence-electron chi connectivity index (χ3n) is 5.49. The molecule has 4 aromatic rings. The lowest BCUT2D eigenvalue weighted by molar-refractivity contribution is -0.137. The molecule has 0 atom stereocenters. The normalized spacial score (nSPS) is 11.7. The van der Waals surface area contributed by atoms with Gasteiger partial charge in [-0.15, -0.1) is 0 Å². The standard InChI is InChI=1S/C27H23F3/c1-2-3-4-19-5-6-25-18-24(12-11-23(25)17-19)22-9-7-20(8-10-22)21-13-15-26(16-14-21)27(28,29)30/h5-18H,2-4H2,1H3. The van der Waals surface area contributed by atoms with Crippen LogP contribution in [-0.2, 0) is 12.6 Å². The Bertz CT molecular complexity index is 1140. The zero-order chi connectivity index (χ0) is 21.1. The molecule has 0 aliphatic carbocycles. The predicted molar refractivity (Wildman–Crippen MR) is 118 cm³/mol.